The number of likely N-dealkylation sites (tertiary alicyclic amines) is 1. The van der Waals surface area contributed by atoms with Crippen LogP contribution >= 0.6 is 11.3 Å². The number of benzene rings is 1. The minimum atomic E-state index is -3.60. The summed E-state index contributed by atoms with van der Waals surface area (Å²) in [5.74, 6) is -0.250. The van der Waals surface area contributed by atoms with E-state index in [9.17, 15) is 13.2 Å². The van der Waals surface area contributed by atoms with Crippen molar-refractivity contribution in [3.05, 3.63) is 52.2 Å². The Hall–Kier alpha value is -1.74. The van der Waals surface area contributed by atoms with Gasteiger partial charge in [0.05, 0.1) is 10.9 Å². The van der Waals surface area contributed by atoms with Gasteiger partial charge in [0.2, 0.25) is 10.0 Å². The lowest BCUT2D eigenvalue weighted by molar-refractivity contribution is 0.0907. The van der Waals surface area contributed by atoms with Gasteiger partial charge < -0.3 is 5.32 Å². The van der Waals surface area contributed by atoms with Gasteiger partial charge in [-0.3, -0.25) is 9.69 Å². The molecule has 1 aliphatic rings. The first-order chi connectivity index (χ1) is 14.4. The highest BCUT2D eigenvalue weighted by Crippen LogP contribution is 2.31. The van der Waals surface area contributed by atoms with Crippen LogP contribution < -0.4 is 5.32 Å². The molecule has 1 aromatic heterocycles. The van der Waals surface area contributed by atoms with Crippen molar-refractivity contribution in [2.45, 2.75) is 50.6 Å². The van der Waals surface area contributed by atoms with Crippen LogP contribution in [0.3, 0.4) is 0 Å². The van der Waals surface area contributed by atoms with Crippen molar-refractivity contribution in [1.29, 1.82) is 0 Å². The predicted molar refractivity (Wildman–Crippen MR) is 121 cm³/mol. The lowest BCUT2D eigenvalue weighted by atomic mass is 10.1. The smallest absolute Gasteiger partial charge is 0.251 e. The second kappa shape index (κ2) is 10.0. The number of hydrogen-bond donors (Lipinski definition) is 1. The van der Waals surface area contributed by atoms with Crippen LogP contribution in [0.15, 0.2) is 46.7 Å². The molecule has 1 amide bonds. The maximum atomic E-state index is 13.0. The van der Waals surface area contributed by atoms with E-state index in [1.165, 1.54) is 28.1 Å². The van der Waals surface area contributed by atoms with E-state index < -0.39 is 10.0 Å². The van der Waals surface area contributed by atoms with E-state index in [1.807, 2.05) is 26.8 Å². The average Bonchev–Trinajstić information content (AvgIpc) is 3.44. The predicted octanol–water partition coefficient (Wildman–Crippen LogP) is 3.73. The molecule has 164 valence electrons. The molecule has 0 saturated carbocycles. The van der Waals surface area contributed by atoms with Crippen LogP contribution in [0.25, 0.3) is 0 Å². The molecule has 3 rings (SSSR count). The number of nitrogens with zero attached hydrogens (tertiary/aromatic N) is 2. The van der Waals surface area contributed by atoms with Crippen LogP contribution in [0.2, 0.25) is 0 Å². The number of hydrogen-bond acceptors (Lipinski definition) is 5. The Balaban J connectivity index is 1.80. The molecule has 6 nitrogen and oxygen atoms in total. The van der Waals surface area contributed by atoms with E-state index in [1.54, 1.807) is 29.5 Å². The fraction of sp³-hybridized carbons (Fsp3) is 0.500. The number of sulfonamides is 1. The van der Waals surface area contributed by atoms with Crippen molar-refractivity contribution in [2.24, 2.45) is 0 Å². The molecule has 0 unspecified atom stereocenters. The maximum Gasteiger partial charge on any atom is 0.251 e. The molecule has 2 aromatic rings. The van der Waals surface area contributed by atoms with Crippen molar-refractivity contribution >= 4 is 27.3 Å². The van der Waals surface area contributed by atoms with Crippen LogP contribution in [-0.4, -0.2) is 55.8 Å². The van der Waals surface area contributed by atoms with E-state index in [2.05, 4.69) is 21.7 Å². The van der Waals surface area contributed by atoms with Gasteiger partial charge in [-0.2, -0.15) is 4.31 Å². The summed E-state index contributed by atoms with van der Waals surface area (Å²) in [6.07, 6.45) is 2.35. The van der Waals surface area contributed by atoms with E-state index in [4.69, 9.17) is 0 Å². The van der Waals surface area contributed by atoms with Crippen molar-refractivity contribution in [1.82, 2.24) is 14.5 Å². The second-order valence-electron chi connectivity index (χ2n) is 7.58. The molecule has 1 N–H and O–H groups in total. The summed E-state index contributed by atoms with van der Waals surface area (Å²) in [4.78, 5) is 16.8. The fourth-order valence-electron chi connectivity index (χ4n) is 4.10. The normalized spacial score (nSPS) is 17.2. The van der Waals surface area contributed by atoms with Crippen LogP contribution in [0, 0.1) is 0 Å². The zero-order valence-electron chi connectivity index (χ0n) is 17.9. The zero-order chi connectivity index (χ0) is 21.7. The van der Waals surface area contributed by atoms with Crippen LogP contribution in [0.4, 0.5) is 0 Å². The van der Waals surface area contributed by atoms with E-state index in [0.717, 1.165) is 13.1 Å². The third kappa shape index (κ3) is 4.94. The van der Waals surface area contributed by atoms with E-state index in [0.29, 0.717) is 18.7 Å². The quantitative estimate of drug-likeness (QED) is 0.633. The molecular weight excluding hydrogens is 418 g/mol. The van der Waals surface area contributed by atoms with E-state index in [-0.39, 0.29) is 22.9 Å². The Kier molecular flexibility index (Phi) is 7.68. The molecule has 0 spiro atoms. The first-order valence-corrected chi connectivity index (χ1v) is 12.9. The molecule has 1 fully saturated rings. The largest absolute Gasteiger partial charge is 0.348 e. The molecule has 2 heterocycles. The highest BCUT2D eigenvalue weighted by molar-refractivity contribution is 7.89. The lowest BCUT2D eigenvalue weighted by Gasteiger charge is -2.32. The summed E-state index contributed by atoms with van der Waals surface area (Å²) in [5.41, 5.74) is 0.362. The highest BCUT2D eigenvalue weighted by atomic mass is 32.2. The maximum absolute atomic E-state index is 13.0. The standard InChI is InChI=1S/C22H31N3O3S2/c1-4-25(5-2)30(27,28)19-11-8-10-18(16-19)22(26)23-17(3)21(20-12-9-15-29-20)24-13-6-7-14-24/h8-12,15-17,21H,4-7,13-14H2,1-3H3,(H,23,26)/t17-,21+/m1/s1. The number of amides is 1. The van der Waals surface area contributed by atoms with Gasteiger partial charge in [-0.15, -0.1) is 11.3 Å². The van der Waals surface area contributed by atoms with Crippen molar-refractivity contribution < 1.29 is 13.2 Å². The molecule has 30 heavy (non-hydrogen) atoms. The summed E-state index contributed by atoms with van der Waals surface area (Å²) < 4.78 is 27.0. The Labute approximate surface area is 183 Å². The first-order valence-electron chi connectivity index (χ1n) is 10.6. The summed E-state index contributed by atoms with van der Waals surface area (Å²) in [6.45, 7) is 8.48. The number of nitrogens with one attached hydrogen (secondary N) is 1. The summed E-state index contributed by atoms with van der Waals surface area (Å²) in [5, 5.41) is 5.18. The summed E-state index contributed by atoms with van der Waals surface area (Å²) >= 11 is 1.71. The number of thiophene rings is 1. The third-order valence-electron chi connectivity index (χ3n) is 5.64. The lowest BCUT2D eigenvalue weighted by Crippen LogP contribution is -2.43. The Morgan fingerprint density at radius 1 is 1.17 bits per heavy atom. The van der Waals surface area contributed by atoms with Gasteiger partial charge in [0.15, 0.2) is 0 Å². The monoisotopic (exact) mass is 449 g/mol. The first kappa shape index (κ1) is 22.9. The Morgan fingerprint density at radius 3 is 2.47 bits per heavy atom. The molecule has 1 saturated heterocycles. The molecule has 0 bridgehead atoms. The highest BCUT2D eigenvalue weighted by Gasteiger charge is 2.30. The number of carbonyl (C=O) groups is 1. The minimum Gasteiger partial charge on any atom is -0.348 e. The molecule has 8 heteroatoms. The SMILES string of the molecule is CCN(CC)S(=O)(=O)c1cccc(C(=O)N[C@H](C)[C@@H](c2cccs2)N2CCCC2)c1. The van der Waals surface area contributed by atoms with Crippen molar-refractivity contribution in [3.63, 3.8) is 0 Å². The van der Waals surface area contributed by atoms with Gasteiger partial charge in [-0.25, -0.2) is 8.42 Å². The molecule has 2 atom stereocenters. The molecule has 0 aliphatic carbocycles. The van der Waals surface area contributed by atoms with Gasteiger partial charge in [0, 0.05) is 29.6 Å². The average molecular weight is 450 g/mol. The molecule has 0 radical (unpaired) electrons. The van der Waals surface area contributed by atoms with Gasteiger partial charge >= 0.3 is 0 Å². The molecular formula is C22H31N3O3S2. The van der Waals surface area contributed by atoms with E-state index >= 15 is 0 Å². The third-order valence-corrected chi connectivity index (χ3v) is 8.63. The van der Waals surface area contributed by atoms with Gasteiger partial charge in [-0.05, 0) is 62.5 Å². The second-order valence-corrected chi connectivity index (χ2v) is 10.5. The molecule has 1 aliphatic heterocycles. The van der Waals surface area contributed by atoms with Crippen molar-refractivity contribution in [3.8, 4) is 0 Å². The number of rotatable bonds is 9. The summed E-state index contributed by atoms with van der Waals surface area (Å²) in [6, 6.07) is 10.5. The van der Waals surface area contributed by atoms with Crippen LogP contribution in [0.1, 0.15) is 54.9 Å². The zero-order valence-corrected chi connectivity index (χ0v) is 19.5. The molecule has 1 aromatic carbocycles. The minimum absolute atomic E-state index is 0.0997. The van der Waals surface area contributed by atoms with Crippen molar-refractivity contribution in [2.75, 3.05) is 26.2 Å². The van der Waals surface area contributed by atoms with Crippen LogP contribution in [0.5, 0.6) is 0 Å². The Bertz CT molecular complexity index is 934. The fourth-order valence-corrected chi connectivity index (χ4v) is 6.57. The van der Waals surface area contributed by atoms with Gasteiger partial charge in [0.1, 0.15) is 0 Å². The van der Waals surface area contributed by atoms with Gasteiger partial charge in [-0.1, -0.05) is 26.0 Å². The topological polar surface area (TPSA) is 69.7 Å². The number of carbonyl (C=O) groups excluding carboxylic acids is 1. The summed E-state index contributed by atoms with van der Waals surface area (Å²) in [7, 11) is -3.60. The Morgan fingerprint density at radius 2 is 1.87 bits per heavy atom. The van der Waals surface area contributed by atoms with Gasteiger partial charge in [0.25, 0.3) is 5.91 Å². The van der Waals surface area contributed by atoms with Crippen LogP contribution in [-0.2, 0) is 10.0 Å².